The van der Waals surface area contributed by atoms with Crippen molar-refractivity contribution in [1.29, 1.82) is 0 Å². The number of hydrogen-bond acceptors (Lipinski definition) is 2. The first-order valence-electron chi connectivity index (χ1n) is 20.3. The van der Waals surface area contributed by atoms with Gasteiger partial charge in [0.05, 0.1) is 5.41 Å². The van der Waals surface area contributed by atoms with E-state index >= 15 is 0 Å². The summed E-state index contributed by atoms with van der Waals surface area (Å²) in [5.41, 5.74) is 18.9. The number of hydrogen-bond donors (Lipinski definition) is 0. The molecule has 274 valence electrons. The monoisotopic (exact) mass is 757 g/mol. The lowest BCUT2D eigenvalue weighted by Crippen LogP contribution is -2.32. The van der Waals surface area contributed by atoms with Crippen LogP contribution < -0.4 is 4.90 Å². The Morgan fingerprint density at radius 3 is 1.79 bits per heavy atom. The van der Waals surface area contributed by atoms with E-state index in [0.717, 1.165) is 17.1 Å². The lowest BCUT2D eigenvalue weighted by Gasteiger charge is -2.40. The number of benzene rings is 9. The summed E-state index contributed by atoms with van der Waals surface area (Å²) in [5, 5.41) is 2.59. The molecule has 9 aromatic rings. The van der Waals surface area contributed by atoms with Crippen LogP contribution in [0.15, 0.2) is 210 Å². The Labute approximate surface area is 344 Å². The molecule has 0 N–H and O–H groups in total. The van der Waals surface area contributed by atoms with Crippen molar-refractivity contribution in [2.24, 2.45) is 0 Å². The lowest BCUT2D eigenvalue weighted by atomic mass is 9.66. The topological polar surface area (TPSA) is 3.24 Å². The van der Waals surface area contributed by atoms with Crippen molar-refractivity contribution in [2.45, 2.75) is 34.5 Å². The predicted octanol–water partition coefficient (Wildman–Crippen LogP) is 15.1. The third-order valence-electron chi connectivity index (χ3n) is 13.1. The molecular weight excluding hydrogens is 719 g/mol. The van der Waals surface area contributed by atoms with Gasteiger partial charge in [-0.05, 0) is 132 Å². The molecule has 1 aliphatic heterocycles. The van der Waals surface area contributed by atoms with Gasteiger partial charge in [0.1, 0.15) is 0 Å². The first kappa shape index (κ1) is 33.5. The normalized spacial score (nSPS) is 16.2. The first-order valence-corrected chi connectivity index (χ1v) is 21.1. The van der Waals surface area contributed by atoms with Gasteiger partial charge in [-0.15, -0.1) is 0 Å². The van der Waals surface area contributed by atoms with Crippen LogP contribution in [0, 0.1) is 0 Å². The van der Waals surface area contributed by atoms with Crippen LogP contribution in [-0.2, 0) is 10.8 Å². The number of nitrogens with zero attached hydrogens (tertiary/aromatic N) is 1. The van der Waals surface area contributed by atoms with Gasteiger partial charge in [0.2, 0.25) is 0 Å². The zero-order chi connectivity index (χ0) is 38.6. The third kappa shape index (κ3) is 4.61. The Hall–Kier alpha value is -6.61. The highest BCUT2D eigenvalue weighted by molar-refractivity contribution is 7.99. The van der Waals surface area contributed by atoms with Gasteiger partial charge in [-0.2, -0.15) is 0 Å². The molecule has 1 unspecified atom stereocenters. The second-order valence-corrected chi connectivity index (χ2v) is 17.5. The van der Waals surface area contributed by atoms with Crippen molar-refractivity contribution in [2.75, 3.05) is 4.90 Å². The Bertz CT molecular complexity index is 3120. The molecule has 0 aromatic heterocycles. The quantitative estimate of drug-likeness (QED) is 0.176. The molecule has 9 aromatic carbocycles. The van der Waals surface area contributed by atoms with E-state index in [2.05, 4.69) is 219 Å². The SMILES string of the molecule is CC1(C)c2ccccc2-c2ccc(N(c3ccccc3)c3ccc(-c4ccc5c(c4)C4(c6ccccc6Sc6ccc7ccccc7c64)c4ccccc4-5)cc3)cc21. The summed E-state index contributed by atoms with van der Waals surface area (Å²) >= 11 is 1.91. The summed E-state index contributed by atoms with van der Waals surface area (Å²) in [7, 11) is 0. The summed E-state index contributed by atoms with van der Waals surface area (Å²) in [5.74, 6) is 0. The van der Waals surface area contributed by atoms with Crippen LogP contribution in [0.4, 0.5) is 17.1 Å². The number of para-hydroxylation sites is 1. The lowest BCUT2D eigenvalue weighted by molar-refractivity contribution is 0.660. The van der Waals surface area contributed by atoms with Crippen molar-refractivity contribution in [3.05, 3.63) is 234 Å². The molecule has 0 bridgehead atoms. The molecule has 0 radical (unpaired) electrons. The van der Waals surface area contributed by atoms with Gasteiger partial charge in [0, 0.05) is 32.3 Å². The van der Waals surface area contributed by atoms with Crippen molar-refractivity contribution < 1.29 is 0 Å². The number of anilines is 3. The van der Waals surface area contributed by atoms with E-state index in [0.29, 0.717) is 0 Å². The van der Waals surface area contributed by atoms with Crippen LogP contribution in [-0.4, -0.2) is 0 Å². The van der Waals surface area contributed by atoms with E-state index in [1.807, 2.05) is 11.8 Å². The van der Waals surface area contributed by atoms with Crippen LogP contribution >= 0.6 is 11.8 Å². The van der Waals surface area contributed by atoms with Crippen LogP contribution in [0.2, 0.25) is 0 Å². The second kappa shape index (κ2) is 12.4. The second-order valence-electron chi connectivity index (χ2n) is 16.4. The van der Waals surface area contributed by atoms with Gasteiger partial charge < -0.3 is 4.90 Å². The van der Waals surface area contributed by atoms with Gasteiger partial charge >= 0.3 is 0 Å². The molecule has 0 fully saturated rings. The van der Waals surface area contributed by atoms with Crippen molar-refractivity contribution >= 4 is 39.6 Å². The van der Waals surface area contributed by atoms with Gasteiger partial charge in [-0.3, -0.25) is 0 Å². The van der Waals surface area contributed by atoms with Gasteiger partial charge in [0.25, 0.3) is 0 Å². The molecule has 0 amide bonds. The van der Waals surface area contributed by atoms with E-state index in [1.54, 1.807) is 0 Å². The van der Waals surface area contributed by atoms with Crippen LogP contribution in [0.5, 0.6) is 0 Å². The van der Waals surface area contributed by atoms with E-state index in [-0.39, 0.29) is 5.41 Å². The van der Waals surface area contributed by atoms with E-state index in [4.69, 9.17) is 0 Å². The molecule has 1 spiro atoms. The van der Waals surface area contributed by atoms with Crippen molar-refractivity contribution in [3.8, 4) is 33.4 Å². The van der Waals surface area contributed by atoms with Gasteiger partial charge in [0.15, 0.2) is 0 Å². The maximum Gasteiger partial charge on any atom is 0.0741 e. The molecule has 12 rings (SSSR count). The summed E-state index contributed by atoms with van der Waals surface area (Å²) in [6.07, 6.45) is 0. The zero-order valence-corrected chi connectivity index (χ0v) is 33.2. The Balaban J connectivity index is 1.02. The maximum atomic E-state index is 2.50. The summed E-state index contributed by atoms with van der Waals surface area (Å²) in [6.45, 7) is 4.71. The molecule has 2 aliphatic carbocycles. The number of fused-ring (bicyclic) bond motifs is 14. The fraction of sp³-hybridized carbons (Fsp3) is 0.0714. The first-order chi connectivity index (χ1) is 28.5. The van der Waals surface area contributed by atoms with Gasteiger partial charge in [-0.25, -0.2) is 0 Å². The standard InChI is InChI=1S/C56H39NS/c1-55(2)47-20-10-8-18-43(47)45-32-30-41(35-50(45)55)57(39-15-4-3-5-16-39)40-28-24-36(25-29-40)38-26-31-46-44-19-9-11-21-48(44)56(51(46)34-38)49-22-12-13-23-52(49)58-53-33-27-37-14-6-7-17-42(37)54(53)56/h3-35H,1-2H3. The molecule has 1 heterocycles. The maximum absolute atomic E-state index is 2.50. The van der Waals surface area contributed by atoms with Crippen molar-refractivity contribution in [1.82, 2.24) is 0 Å². The van der Waals surface area contributed by atoms with E-state index < -0.39 is 5.41 Å². The zero-order valence-electron chi connectivity index (χ0n) is 32.4. The summed E-state index contributed by atoms with van der Waals surface area (Å²) in [4.78, 5) is 5.05. The van der Waals surface area contributed by atoms with Crippen molar-refractivity contribution in [3.63, 3.8) is 0 Å². The van der Waals surface area contributed by atoms with E-state index in [9.17, 15) is 0 Å². The Morgan fingerprint density at radius 1 is 0.379 bits per heavy atom. The fourth-order valence-corrected chi connectivity index (χ4v) is 11.7. The number of rotatable bonds is 4. The van der Waals surface area contributed by atoms with Crippen LogP contribution in [0.25, 0.3) is 44.2 Å². The van der Waals surface area contributed by atoms with E-state index in [1.165, 1.54) is 87.3 Å². The van der Waals surface area contributed by atoms with Crippen LogP contribution in [0.1, 0.15) is 47.2 Å². The predicted molar refractivity (Wildman–Crippen MR) is 243 cm³/mol. The fourth-order valence-electron chi connectivity index (χ4n) is 10.5. The minimum atomic E-state index is -0.453. The van der Waals surface area contributed by atoms with Crippen LogP contribution in [0.3, 0.4) is 0 Å². The highest BCUT2D eigenvalue weighted by atomic mass is 32.2. The molecule has 0 saturated carbocycles. The minimum Gasteiger partial charge on any atom is -0.310 e. The molecule has 1 nitrogen and oxygen atoms in total. The molecule has 3 aliphatic rings. The molecule has 58 heavy (non-hydrogen) atoms. The summed E-state index contributed by atoms with van der Waals surface area (Å²) < 4.78 is 0. The smallest absolute Gasteiger partial charge is 0.0741 e. The largest absolute Gasteiger partial charge is 0.310 e. The molecule has 0 saturated heterocycles. The Kier molecular flexibility index (Phi) is 7.19. The molecule has 1 atom stereocenters. The average molecular weight is 758 g/mol. The van der Waals surface area contributed by atoms with Gasteiger partial charge in [-0.1, -0.05) is 171 Å². The third-order valence-corrected chi connectivity index (χ3v) is 14.3. The summed E-state index contributed by atoms with van der Waals surface area (Å²) in [6, 6.07) is 74.9. The Morgan fingerprint density at radius 2 is 0.966 bits per heavy atom. The highest BCUT2D eigenvalue weighted by Gasteiger charge is 2.51. The highest BCUT2D eigenvalue weighted by Crippen LogP contribution is 2.63. The molecule has 2 heteroatoms. The molecular formula is C56H39NS. The minimum absolute atomic E-state index is 0.0803. The average Bonchev–Trinajstić information content (AvgIpc) is 3.69.